The normalized spacial score (nSPS) is 16.6. The Labute approximate surface area is 137 Å². The van der Waals surface area contributed by atoms with Crippen molar-refractivity contribution < 1.29 is 0 Å². The Hall–Kier alpha value is -2.74. The molecule has 0 radical (unpaired) electrons. The number of fused-ring (bicyclic) bond motifs is 1. The van der Waals surface area contributed by atoms with Gasteiger partial charge in [-0.05, 0) is 35.2 Å². The molecule has 0 saturated heterocycles. The Morgan fingerprint density at radius 3 is 2.09 bits per heavy atom. The van der Waals surface area contributed by atoms with Crippen LogP contribution >= 0.6 is 0 Å². The number of hydrogen-bond acceptors (Lipinski definition) is 2. The molecule has 0 aliphatic carbocycles. The van der Waals surface area contributed by atoms with Crippen LogP contribution in [-0.4, -0.2) is 6.54 Å². The molecule has 2 N–H and O–H groups in total. The molecule has 1 heterocycles. The second-order valence-electron chi connectivity index (χ2n) is 5.95. The second kappa shape index (κ2) is 6.17. The van der Waals surface area contributed by atoms with Crippen LogP contribution < -0.4 is 10.6 Å². The molecule has 0 saturated carbocycles. The van der Waals surface area contributed by atoms with Gasteiger partial charge in [-0.25, -0.2) is 0 Å². The van der Waals surface area contributed by atoms with Gasteiger partial charge in [0.2, 0.25) is 0 Å². The molecule has 1 aliphatic heterocycles. The van der Waals surface area contributed by atoms with Gasteiger partial charge in [-0.2, -0.15) is 0 Å². The predicted octanol–water partition coefficient (Wildman–Crippen LogP) is 5.32. The van der Waals surface area contributed by atoms with Gasteiger partial charge in [-0.3, -0.25) is 0 Å². The van der Waals surface area contributed by atoms with Crippen LogP contribution in [0.5, 0.6) is 0 Å². The highest BCUT2D eigenvalue weighted by Gasteiger charge is 2.16. The summed E-state index contributed by atoms with van der Waals surface area (Å²) in [6.07, 6.45) is 1.07. The fourth-order valence-electron chi connectivity index (χ4n) is 3.16. The second-order valence-corrected chi connectivity index (χ2v) is 5.95. The molecule has 0 fully saturated rings. The molecule has 1 aliphatic rings. The lowest BCUT2D eigenvalue weighted by molar-refractivity contribution is 0.732. The summed E-state index contributed by atoms with van der Waals surface area (Å²) in [4.78, 5) is 0. The maximum absolute atomic E-state index is 3.67. The molecule has 0 spiro atoms. The first-order valence-corrected chi connectivity index (χ1v) is 8.15. The monoisotopic (exact) mass is 300 g/mol. The zero-order chi connectivity index (χ0) is 15.5. The molecule has 0 aromatic heterocycles. The summed E-state index contributed by atoms with van der Waals surface area (Å²) in [5.41, 5.74) is 6.24. The number of benzene rings is 3. The van der Waals surface area contributed by atoms with Crippen LogP contribution in [0.3, 0.4) is 0 Å². The Morgan fingerprint density at radius 1 is 0.652 bits per heavy atom. The van der Waals surface area contributed by atoms with Gasteiger partial charge in [0, 0.05) is 6.54 Å². The van der Waals surface area contributed by atoms with Crippen molar-refractivity contribution in [3.05, 3.63) is 84.4 Å². The van der Waals surface area contributed by atoms with Gasteiger partial charge in [-0.15, -0.1) is 0 Å². The molecular formula is C21H20N2. The Bertz CT molecular complexity index is 778. The van der Waals surface area contributed by atoms with E-state index in [0.29, 0.717) is 6.04 Å². The largest absolute Gasteiger partial charge is 0.383 e. The number of nitrogens with one attached hydrogen (secondary N) is 2. The van der Waals surface area contributed by atoms with Crippen molar-refractivity contribution in [2.45, 2.75) is 12.5 Å². The van der Waals surface area contributed by atoms with E-state index in [0.717, 1.165) is 13.0 Å². The molecule has 0 amide bonds. The zero-order valence-corrected chi connectivity index (χ0v) is 13.0. The lowest BCUT2D eigenvalue weighted by atomic mass is 9.99. The minimum Gasteiger partial charge on any atom is -0.383 e. The number of rotatable bonds is 2. The Balaban J connectivity index is 1.59. The smallest absolute Gasteiger partial charge is 0.0580 e. The summed E-state index contributed by atoms with van der Waals surface area (Å²) < 4.78 is 0. The standard InChI is InChI=1S/C21H20N2/c1-2-6-16(7-3-1)17-10-12-18(13-11-17)19-14-15-22-20-8-4-5-9-21(20)23-19/h1-13,19,22-23H,14-15H2/t19-/m1/s1. The summed E-state index contributed by atoms with van der Waals surface area (Å²) >= 11 is 0. The fraction of sp³-hybridized carbons (Fsp3) is 0.143. The molecule has 114 valence electrons. The van der Waals surface area contributed by atoms with Crippen molar-refractivity contribution in [2.24, 2.45) is 0 Å². The highest BCUT2D eigenvalue weighted by atomic mass is 15.0. The van der Waals surface area contributed by atoms with E-state index in [4.69, 9.17) is 0 Å². The van der Waals surface area contributed by atoms with Crippen LogP contribution in [0.4, 0.5) is 11.4 Å². The lowest BCUT2D eigenvalue weighted by Gasteiger charge is -2.18. The first kappa shape index (κ1) is 13.9. The fourth-order valence-corrected chi connectivity index (χ4v) is 3.16. The third kappa shape index (κ3) is 2.93. The molecular weight excluding hydrogens is 280 g/mol. The number of anilines is 2. The van der Waals surface area contributed by atoms with E-state index in [1.54, 1.807) is 0 Å². The molecule has 4 rings (SSSR count). The molecule has 2 nitrogen and oxygen atoms in total. The van der Waals surface area contributed by atoms with Gasteiger partial charge >= 0.3 is 0 Å². The van der Waals surface area contributed by atoms with Gasteiger partial charge in [0.05, 0.1) is 17.4 Å². The average molecular weight is 300 g/mol. The van der Waals surface area contributed by atoms with E-state index in [9.17, 15) is 0 Å². The van der Waals surface area contributed by atoms with E-state index >= 15 is 0 Å². The van der Waals surface area contributed by atoms with E-state index in [-0.39, 0.29) is 0 Å². The summed E-state index contributed by atoms with van der Waals surface area (Å²) in [5, 5.41) is 7.17. The molecule has 3 aromatic rings. The third-order valence-electron chi connectivity index (χ3n) is 4.43. The highest BCUT2D eigenvalue weighted by Crippen LogP contribution is 2.32. The average Bonchev–Trinajstić information content (AvgIpc) is 2.85. The quantitative estimate of drug-likeness (QED) is 0.669. The van der Waals surface area contributed by atoms with Gasteiger partial charge in [0.15, 0.2) is 0 Å². The molecule has 23 heavy (non-hydrogen) atoms. The summed E-state index contributed by atoms with van der Waals surface area (Å²) in [6, 6.07) is 28.2. The maximum Gasteiger partial charge on any atom is 0.0580 e. The number of para-hydroxylation sites is 2. The van der Waals surface area contributed by atoms with E-state index < -0.39 is 0 Å². The first-order chi connectivity index (χ1) is 11.4. The van der Waals surface area contributed by atoms with Crippen LogP contribution in [0.1, 0.15) is 18.0 Å². The van der Waals surface area contributed by atoms with Crippen molar-refractivity contribution in [3.63, 3.8) is 0 Å². The first-order valence-electron chi connectivity index (χ1n) is 8.15. The van der Waals surface area contributed by atoms with Crippen molar-refractivity contribution in [1.29, 1.82) is 0 Å². The van der Waals surface area contributed by atoms with Gasteiger partial charge in [0.25, 0.3) is 0 Å². The van der Waals surface area contributed by atoms with E-state index in [2.05, 4.69) is 89.5 Å². The van der Waals surface area contributed by atoms with Crippen LogP contribution in [0.15, 0.2) is 78.9 Å². The molecule has 3 aromatic carbocycles. The molecule has 1 atom stereocenters. The van der Waals surface area contributed by atoms with Crippen molar-refractivity contribution in [2.75, 3.05) is 17.2 Å². The SMILES string of the molecule is c1ccc(-c2ccc([C@H]3CCNc4ccccc4N3)cc2)cc1. The molecule has 2 heteroatoms. The van der Waals surface area contributed by atoms with Crippen LogP contribution in [0.25, 0.3) is 11.1 Å². The van der Waals surface area contributed by atoms with Crippen LogP contribution in [0.2, 0.25) is 0 Å². The Kier molecular flexibility index (Phi) is 3.73. The maximum atomic E-state index is 3.67. The van der Waals surface area contributed by atoms with E-state index in [1.165, 1.54) is 28.1 Å². The van der Waals surface area contributed by atoms with Crippen LogP contribution in [0, 0.1) is 0 Å². The summed E-state index contributed by atoms with van der Waals surface area (Å²) in [5.74, 6) is 0. The zero-order valence-electron chi connectivity index (χ0n) is 13.0. The van der Waals surface area contributed by atoms with Crippen molar-refractivity contribution in [1.82, 2.24) is 0 Å². The van der Waals surface area contributed by atoms with Crippen LogP contribution in [-0.2, 0) is 0 Å². The number of hydrogen-bond donors (Lipinski definition) is 2. The third-order valence-corrected chi connectivity index (χ3v) is 4.43. The van der Waals surface area contributed by atoms with Crippen molar-refractivity contribution in [3.8, 4) is 11.1 Å². The Morgan fingerprint density at radius 2 is 1.30 bits per heavy atom. The summed E-state index contributed by atoms with van der Waals surface area (Å²) in [7, 11) is 0. The van der Waals surface area contributed by atoms with E-state index in [1.807, 2.05) is 0 Å². The minimum atomic E-state index is 0.343. The molecule has 0 bridgehead atoms. The summed E-state index contributed by atoms with van der Waals surface area (Å²) in [6.45, 7) is 0.981. The van der Waals surface area contributed by atoms with Crippen molar-refractivity contribution >= 4 is 11.4 Å². The van der Waals surface area contributed by atoms with Gasteiger partial charge < -0.3 is 10.6 Å². The molecule has 0 unspecified atom stereocenters. The minimum absolute atomic E-state index is 0.343. The highest BCUT2D eigenvalue weighted by molar-refractivity contribution is 5.70. The lowest BCUT2D eigenvalue weighted by Crippen LogP contribution is -2.10. The van der Waals surface area contributed by atoms with Gasteiger partial charge in [0.1, 0.15) is 0 Å². The topological polar surface area (TPSA) is 24.1 Å². The predicted molar refractivity (Wildman–Crippen MR) is 97.8 cm³/mol. The van der Waals surface area contributed by atoms with Gasteiger partial charge in [-0.1, -0.05) is 66.7 Å².